The lowest BCUT2D eigenvalue weighted by Gasteiger charge is -2.30. The molecule has 58 heavy (non-hydrogen) atoms. The molecule has 0 amide bonds. The zero-order chi connectivity index (χ0) is 38.2. The molecule has 0 saturated carbocycles. The number of para-hydroxylation sites is 1. The van der Waals surface area contributed by atoms with E-state index in [-0.39, 0.29) is 0 Å². The highest BCUT2D eigenvalue weighted by Gasteiger charge is 2.54. The van der Waals surface area contributed by atoms with E-state index in [2.05, 4.69) is 182 Å². The Kier molecular flexibility index (Phi) is 7.14. The second kappa shape index (κ2) is 12.7. The van der Waals surface area contributed by atoms with E-state index in [1.807, 2.05) is 24.3 Å². The molecular formula is C55H34N2O. The molecule has 3 nitrogen and oxygen atoms in total. The predicted molar refractivity (Wildman–Crippen MR) is 235 cm³/mol. The molecule has 0 fully saturated rings. The van der Waals surface area contributed by atoms with Crippen LogP contribution in [0.3, 0.4) is 0 Å². The van der Waals surface area contributed by atoms with Gasteiger partial charge in [0.2, 0.25) is 0 Å². The maximum Gasteiger partial charge on any atom is 0.160 e. The van der Waals surface area contributed by atoms with Gasteiger partial charge < -0.3 is 4.42 Å². The van der Waals surface area contributed by atoms with E-state index in [0.717, 1.165) is 61.5 Å². The van der Waals surface area contributed by atoms with Crippen molar-refractivity contribution < 1.29 is 4.42 Å². The first-order chi connectivity index (χ1) is 28.7. The van der Waals surface area contributed by atoms with Crippen molar-refractivity contribution in [3.8, 4) is 78.6 Å². The molecule has 0 N–H and O–H groups in total. The van der Waals surface area contributed by atoms with Crippen LogP contribution in [0.25, 0.3) is 89.6 Å². The van der Waals surface area contributed by atoms with E-state index >= 15 is 0 Å². The minimum absolute atomic E-state index is 0.477. The lowest BCUT2D eigenvalue weighted by molar-refractivity contribution is 0.628. The van der Waals surface area contributed by atoms with Crippen molar-refractivity contribution in [2.45, 2.75) is 5.41 Å². The molecule has 0 saturated heterocycles. The summed E-state index contributed by atoms with van der Waals surface area (Å²) in [6.07, 6.45) is 0. The van der Waals surface area contributed by atoms with Gasteiger partial charge in [0.1, 0.15) is 11.3 Å². The molecule has 10 aromatic rings. The Hall–Kier alpha value is -7.62. The maximum atomic E-state index is 6.86. The van der Waals surface area contributed by atoms with E-state index in [1.165, 1.54) is 44.5 Å². The average molecular weight is 739 g/mol. The second-order valence-corrected chi connectivity index (χ2v) is 15.3. The predicted octanol–water partition coefficient (Wildman–Crippen LogP) is 13.9. The first-order valence-corrected chi connectivity index (χ1v) is 19.8. The summed E-state index contributed by atoms with van der Waals surface area (Å²) in [5.74, 6) is 1.65. The third kappa shape index (κ3) is 4.80. The fraction of sp³-hybridized carbons (Fsp3) is 0.0182. The Balaban J connectivity index is 1.00. The van der Waals surface area contributed by atoms with E-state index in [1.54, 1.807) is 0 Å². The number of rotatable bonds is 5. The van der Waals surface area contributed by atoms with Gasteiger partial charge in [-0.25, -0.2) is 9.97 Å². The van der Waals surface area contributed by atoms with Gasteiger partial charge in [0, 0.05) is 33.2 Å². The molecule has 12 rings (SSSR count). The molecule has 0 atom stereocenters. The SMILES string of the molecule is c1ccc(-c2ccc(-c3cc(-c4cccc(-c5ccc6c(c5)-c5oc7ccccc7c5C65c6ccccc6-c6ccccc65)c4)nc(-c4ccccc4)n3)cc2)cc1. The molecule has 2 aliphatic rings. The Morgan fingerprint density at radius 3 is 1.60 bits per heavy atom. The van der Waals surface area contributed by atoms with Crippen LogP contribution in [0.2, 0.25) is 0 Å². The van der Waals surface area contributed by atoms with Crippen LogP contribution in [0.4, 0.5) is 0 Å². The highest BCUT2D eigenvalue weighted by molar-refractivity contribution is 6.02. The van der Waals surface area contributed by atoms with Gasteiger partial charge in [0.15, 0.2) is 5.82 Å². The highest BCUT2D eigenvalue weighted by Crippen LogP contribution is 2.65. The zero-order valence-corrected chi connectivity index (χ0v) is 31.4. The molecule has 3 heteroatoms. The largest absolute Gasteiger partial charge is 0.456 e. The maximum absolute atomic E-state index is 6.86. The van der Waals surface area contributed by atoms with Crippen LogP contribution >= 0.6 is 0 Å². The summed E-state index contributed by atoms with van der Waals surface area (Å²) in [6, 6.07) is 73.5. The molecule has 2 aromatic heterocycles. The summed E-state index contributed by atoms with van der Waals surface area (Å²) in [5.41, 5.74) is 18.6. The van der Waals surface area contributed by atoms with Crippen LogP contribution < -0.4 is 0 Å². The number of hydrogen-bond donors (Lipinski definition) is 0. The van der Waals surface area contributed by atoms with Gasteiger partial charge in [0.05, 0.1) is 16.8 Å². The van der Waals surface area contributed by atoms with Crippen LogP contribution in [0, 0.1) is 0 Å². The number of nitrogens with zero attached hydrogens (tertiary/aromatic N) is 2. The molecule has 0 bridgehead atoms. The van der Waals surface area contributed by atoms with E-state index < -0.39 is 5.41 Å². The number of benzene rings is 8. The second-order valence-electron chi connectivity index (χ2n) is 15.3. The Morgan fingerprint density at radius 1 is 0.345 bits per heavy atom. The fourth-order valence-corrected chi connectivity index (χ4v) is 9.56. The van der Waals surface area contributed by atoms with Gasteiger partial charge in [0.25, 0.3) is 0 Å². The number of fused-ring (bicyclic) bond motifs is 12. The van der Waals surface area contributed by atoms with Crippen LogP contribution in [0.1, 0.15) is 22.3 Å². The van der Waals surface area contributed by atoms with Crippen molar-refractivity contribution >= 4 is 11.0 Å². The topological polar surface area (TPSA) is 38.9 Å². The summed E-state index contributed by atoms with van der Waals surface area (Å²) in [5, 5.41) is 1.16. The Morgan fingerprint density at radius 2 is 0.862 bits per heavy atom. The minimum atomic E-state index is -0.477. The number of hydrogen-bond acceptors (Lipinski definition) is 3. The van der Waals surface area contributed by atoms with Gasteiger partial charge >= 0.3 is 0 Å². The molecule has 270 valence electrons. The summed E-state index contributed by atoms with van der Waals surface area (Å²) in [7, 11) is 0. The summed E-state index contributed by atoms with van der Waals surface area (Å²) in [6.45, 7) is 0. The normalized spacial score (nSPS) is 13.0. The summed E-state index contributed by atoms with van der Waals surface area (Å²) < 4.78 is 6.86. The average Bonchev–Trinajstić information content (AvgIpc) is 3.93. The van der Waals surface area contributed by atoms with Crippen molar-refractivity contribution in [3.05, 3.63) is 229 Å². The van der Waals surface area contributed by atoms with Crippen LogP contribution in [0.15, 0.2) is 211 Å². The monoisotopic (exact) mass is 738 g/mol. The van der Waals surface area contributed by atoms with Crippen LogP contribution in [-0.4, -0.2) is 9.97 Å². The standard InChI is InChI=1S/C55H34N2O/c1-3-14-35(15-4-1)36-26-28-37(29-27-36)49-34-50(57-54(56-49)38-16-5-2-6-17-38)41-19-13-18-39(32-41)40-30-31-48-45(33-40)53-52(44-22-9-12-25-51(44)58-53)55(48)46-23-10-7-20-42(46)43-21-8-11-24-47(43)55/h1-34H. The van der Waals surface area contributed by atoms with Gasteiger partial charge in [-0.15, -0.1) is 0 Å². The van der Waals surface area contributed by atoms with Gasteiger partial charge in [-0.05, 0) is 74.3 Å². The van der Waals surface area contributed by atoms with Crippen LogP contribution in [0.5, 0.6) is 0 Å². The highest BCUT2D eigenvalue weighted by atomic mass is 16.3. The Labute approximate surface area is 336 Å². The third-order valence-electron chi connectivity index (χ3n) is 12.1. The molecule has 0 aliphatic heterocycles. The lowest BCUT2D eigenvalue weighted by Crippen LogP contribution is -2.25. The molecule has 8 aromatic carbocycles. The third-order valence-corrected chi connectivity index (χ3v) is 12.1. The van der Waals surface area contributed by atoms with Crippen molar-refractivity contribution in [1.82, 2.24) is 9.97 Å². The van der Waals surface area contributed by atoms with Gasteiger partial charge in [-0.1, -0.05) is 182 Å². The van der Waals surface area contributed by atoms with Crippen molar-refractivity contribution in [3.63, 3.8) is 0 Å². The zero-order valence-electron chi connectivity index (χ0n) is 31.4. The first-order valence-electron chi connectivity index (χ1n) is 19.8. The number of furan rings is 1. The van der Waals surface area contributed by atoms with Crippen LogP contribution in [-0.2, 0) is 5.41 Å². The fourth-order valence-electron chi connectivity index (χ4n) is 9.56. The molecule has 2 heterocycles. The minimum Gasteiger partial charge on any atom is -0.456 e. The molecule has 1 spiro atoms. The number of aromatic nitrogens is 2. The summed E-state index contributed by atoms with van der Waals surface area (Å²) >= 11 is 0. The summed E-state index contributed by atoms with van der Waals surface area (Å²) in [4.78, 5) is 10.3. The van der Waals surface area contributed by atoms with Crippen molar-refractivity contribution in [1.29, 1.82) is 0 Å². The van der Waals surface area contributed by atoms with E-state index in [4.69, 9.17) is 14.4 Å². The molecule has 0 unspecified atom stereocenters. The first kappa shape index (κ1) is 32.6. The smallest absolute Gasteiger partial charge is 0.160 e. The molecular weight excluding hydrogens is 705 g/mol. The molecule has 2 aliphatic carbocycles. The van der Waals surface area contributed by atoms with E-state index in [9.17, 15) is 0 Å². The molecule has 0 radical (unpaired) electrons. The van der Waals surface area contributed by atoms with E-state index in [0.29, 0.717) is 5.82 Å². The van der Waals surface area contributed by atoms with Gasteiger partial charge in [-0.3, -0.25) is 0 Å². The van der Waals surface area contributed by atoms with Gasteiger partial charge in [-0.2, -0.15) is 0 Å². The Bertz CT molecular complexity index is 3170. The quantitative estimate of drug-likeness (QED) is 0.176. The lowest BCUT2D eigenvalue weighted by atomic mass is 9.70. The van der Waals surface area contributed by atoms with Crippen molar-refractivity contribution in [2.24, 2.45) is 0 Å². The van der Waals surface area contributed by atoms with Crippen molar-refractivity contribution in [2.75, 3.05) is 0 Å².